The van der Waals surface area contributed by atoms with Crippen LogP contribution in [-0.4, -0.2) is 69.7 Å². The summed E-state index contributed by atoms with van der Waals surface area (Å²) in [7, 11) is 4.03. The smallest absolute Gasteiger partial charge is 0.119 e. The van der Waals surface area contributed by atoms with E-state index in [-0.39, 0.29) is 6.61 Å². The normalized spacial score (nSPS) is 12.6. The molecule has 5 nitrogen and oxygen atoms in total. The van der Waals surface area contributed by atoms with E-state index in [0.29, 0.717) is 13.2 Å². The van der Waals surface area contributed by atoms with Crippen LogP contribution < -0.4 is 10.1 Å². The van der Waals surface area contributed by atoms with E-state index < -0.39 is 6.10 Å². The monoisotopic (exact) mass is 360 g/mol. The number of aliphatic hydroxyl groups excluding tert-OH is 1. The van der Waals surface area contributed by atoms with Crippen LogP contribution >= 0.6 is 15.9 Å². The van der Waals surface area contributed by atoms with Gasteiger partial charge in [0.25, 0.3) is 0 Å². The fourth-order valence-electron chi connectivity index (χ4n) is 1.54. The summed E-state index contributed by atoms with van der Waals surface area (Å²) < 4.78 is 11.9. The van der Waals surface area contributed by atoms with Crippen molar-refractivity contribution >= 4 is 15.9 Å². The zero-order valence-electron chi connectivity index (χ0n) is 12.7. The lowest BCUT2D eigenvalue weighted by Gasteiger charge is -2.14. The van der Waals surface area contributed by atoms with Gasteiger partial charge in [0.1, 0.15) is 18.5 Å². The maximum absolute atomic E-state index is 9.80. The maximum atomic E-state index is 9.80. The Balaban J connectivity index is 1.98. The molecule has 1 rings (SSSR count). The highest BCUT2D eigenvalue weighted by molar-refractivity contribution is 9.10. The number of nitrogens with one attached hydrogen (secondary N) is 1. The average molecular weight is 361 g/mol. The number of rotatable bonds is 11. The SMILES string of the molecule is CN(C)CCOCCNCC(O)COc1ccc(Br)cc1. The summed E-state index contributed by atoms with van der Waals surface area (Å²) in [5, 5.41) is 12.9. The number of likely N-dealkylation sites (N-methyl/N-ethyl adjacent to an activating group) is 1. The lowest BCUT2D eigenvalue weighted by molar-refractivity contribution is 0.0954. The highest BCUT2D eigenvalue weighted by Gasteiger charge is 2.04. The van der Waals surface area contributed by atoms with E-state index in [1.54, 1.807) is 0 Å². The van der Waals surface area contributed by atoms with E-state index in [0.717, 1.165) is 29.9 Å². The maximum Gasteiger partial charge on any atom is 0.119 e. The number of hydrogen-bond donors (Lipinski definition) is 2. The van der Waals surface area contributed by atoms with Crippen LogP contribution in [0.4, 0.5) is 0 Å². The molecule has 0 aromatic heterocycles. The van der Waals surface area contributed by atoms with Crippen molar-refractivity contribution in [3.63, 3.8) is 0 Å². The second kappa shape index (κ2) is 11.0. The van der Waals surface area contributed by atoms with Crippen LogP contribution in [0, 0.1) is 0 Å². The minimum Gasteiger partial charge on any atom is -0.491 e. The Bertz CT molecular complexity index is 374. The Hall–Kier alpha value is -0.660. The van der Waals surface area contributed by atoms with Gasteiger partial charge in [-0.25, -0.2) is 0 Å². The molecule has 1 aromatic rings. The van der Waals surface area contributed by atoms with Crippen molar-refractivity contribution in [2.24, 2.45) is 0 Å². The second-order valence-electron chi connectivity index (χ2n) is 5.04. The highest BCUT2D eigenvalue weighted by atomic mass is 79.9. The summed E-state index contributed by atoms with van der Waals surface area (Å²) in [6.07, 6.45) is -0.532. The molecule has 0 aliphatic heterocycles. The van der Waals surface area contributed by atoms with Crippen LogP contribution in [0.1, 0.15) is 0 Å². The first kappa shape index (κ1) is 18.4. The summed E-state index contributed by atoms with van der Waals surface area (Å²) in [6.45, 7) is 3.79. The van der Waals surface area contributed by atoms with Gasteiger partial charge in [0.2, 0.25) is 0 Å². The molecule has 0 saturated heterocycles. The number of nitrogens with zero attached hydrogens (tertiary/aromatic N) is 1. The van der Waals surface area contributed by atoms with Crippen molar-refractivity contribution in [2.75, 3.05) is 53.6 Å². The zero-order chi connectivity index (χ0) is 15.5. The summed E-state index contributed by atoms with van der Waals surface area (Å²) in [5.74, 6) is 0.754. The van der Waals surface area contributed by atoms with E-state index in [1.165, 1.54) is 0 Å². The fraction of sp³-hybridized carbons (Fsp3) is 0.600. The predicted octanol–water partition coefficient (Wildman–Crippen LogP) is 1.36. The number of ether oxygens (including phenoxy) is 2. The van der Waals surface area contributed by atoms with Gasteiger partial charge in [-0.05, 0) is 38.4 Å². The van der Waals surface area contributed by atoms with Gasteiger partial charge in [0.15, 0.2) is 0 Å². The molecule has 0 aliphatic carbocycles. The minimum absolute atomic E-state index is 0.274. The quantitative estimate of drug-likeness (QED) is 0.583. The molecular formula is C15H25BrN2O3. The number of halogens is 1. The first-order chi connectivity index (χ1) is 10.1. The molecule has 0 fully saturated rings. The molecule has 1 atom stereocenters. The molecule has 0 saturated carbocycles. The first-order valence-corrected chi connectivity index (χ1v) is 7.87. The molecule has 0 heterocycles. The molecule has 21 heavy (non-hydrogen) atoms. The van der Waals surface area contributed by atoms with Crippen molar-refractivity contribution in [3.05, 3.63) is 28.7 Å². The van der Waals surface area contributed by atoms with Crippen molar-refractivity contribution in [3.8, 4) is 5.75 Å². The third-order valence-electron chi connectivity index (χ3n) is 2.74. The van der Waals surface area contributed by atoms with Crippen LogP contribution in [0.5, 0.6) is 5.75 Å². The molecule has 6 heteroatoms. The fourth-order valence-corrected chi connectivity index (χ4v) is 1.81. The van der Waals surface area contributed by atoms with Gasteiger partial charge in [-0.1, -0.05) is 15.9 Å². The topological polar surface area (TPSA) is 54.0 Å². The first-order valence-electron chi connectivity index (χ1n) is 7.07. The second-order valence-corrected chi connectivity index (χ2v) is 5.95. The van der Waals surface area contributed by atoms with Crippen molar-refractivity contribution in [2.45, 2.75) is 6.10 Å². The molecule has 0 spiro atoms. The number of hydrogen-bond acceptors (Lipinski definition) is 5. The van der Waals surface area contributed by atoms with Crippen LogP contribution in [0.2, 0.25) is 0 Å². The average Bonchev–Trinajstić information content (AvgIpc) is 2.45. The largest absolute Gasteiger partial charge is 0.491 e. The standard InChI is InChI=1S/C15H25BrN2O3/c1-18(2)8-10-20-9-7-17-11-14(19)12-21-15-5-3-13(16)4-6-15/h3-6,14,17,19H,7-12H2,1-2H3. The lowest BCUT2D eigenvalue weighted by Crippen LogP contribution is -2.33. The van der Waals surface area contributed by atoms with Gasteiger partial charge in [-0.2, -0.15) is 0 Å². The summed E-state index contributed by atoms with van der Waals surface area (Å²) >= 11 is 3.36. The summed E-state index contributed by atoms with van der Waals surface area (Å²) in [4.78, 5) is 2.08. The van der Waals surface area contributed by atoms with Crippen molar-refractivity contribution in [1.29, 1.82) is 0 Å². The molecule has 0 amide bonds. The van der Waals surface area contributed by atoms with Crippen LogP contribution in [0.15, 0.2) is 28.7 Å². The van der Waals surface area contributed by atoms with Gasteiger partial charge in [-0.15, -0.1) is 0 Å². The Labute approximate surface area is 135 Å². The van der Waals surface area contributed by atoms with E-state index >= 15 is 0 Å². The van der Waals surface area contributed by atoms with Gasteiger partial charge in [0, 0.05) is 24.1 Å². The summed E-state index contributed by atoms with van der Waals surface area (Å²) in [6, 6.07) is 7.54. The van der Waals surface area contributed by atoms with Gasteiger partial charge in [0.05, 0.1) is 13.2 Å². The third-order valence-corrected chi connectivity index (χ3v) is 3.27. The van der Waals surface area contributed by atoms with Crippen LogP contribution in [0.3, 0.4) is 0 Å². The molecule has 2 N–H and O–H groups in total. The van der Waals surface area contributed by atoms with Crippen molar-refractivity contribution < 1.29 is 14.6 Å². The Morgan fingerprint density at radius 1 is 1.24 bits per heavy atom. The third kappa shape index (κ3) is 9.82. The zero-order valence-corrected chi connectivity index (χ0v) is 14.3. The minimum atomic E-state index is -0.532. The summed E-state index contributed by atoms with van der Waals surface area (Å²) in [5.41, 5.74) is 0. The van der Waals surface area contributed by atoms with Gasteiger partial charge < -0.3 is 24.8 Å². The molecule has 120 valence electrons. The Kier molecular flexibility index (Phi) is 9.62. The molecule has 0 bridgehead atoms. The number of aliphatic hydroxyl groups is 1. The molecule has 0 radical (unpaired) electrons. The molecule has 1 unspecified atom stereocenters. The van der Waals surface area contributed by atoms with Crippen molar-refractivity contribution in [1.82, 2.24) is 10.2 Å². The predicted molar refractivity (Wildman–Crippen MR) is 87.9 cm³/mol. The Morgan fingerprint density at radius 3 is 2.62 bits per heavy atom. The van der Waals surface area contributed by atoms with Gasteiger partial charge in [-0.3, -0.25) is 0 Å². The number of benzene rings is 1. The van der Waals surface area contributed by atoms with E-state index in [4.69, 9.17) is 9.47 Å². The Morgan fingerprint density at radius 2 is 1.95 bits per heavy atom. The van der Waals surface area contributed by atoms with E-state index in [1.807, 2.05) is 38.4 Å². The highest BCUT2D eigenvalue weighted by Crippen LogP contribution is 2.16. The van der Waals surface area contributed by atoms with Gasteiger partial charge >= 0.3 is 0 Å². The molecule has 1 aromatic carbocycles. The van der Waals surface area contributed by atoms with E-state index in [2.05, 4.69) is 26.1 Å². The lowest BCUT2D eigenvalue weighted by atomic mass is 10.3. The van der Waals surface area contributed by atoms with Crippen LogP contribution in [-0.2, 0) is 4.74 Å². The van der Waals surface area contributed by atoms with Crippen LogP contribution in [0.25, 0.3) is 0 Å². The van der Waals surface area contributed by atoms with E-state index in [9.17, 15) is 5.11 Å². The molecule has 0 aliphatic rings. The molecular weight excluding hydrogens is 336 g/mol.